The Bertz CT molecular complexity index is 321. The van der Waals surface area contributed by atoms with Crippen molar-refractivity contribution in [1.82, 2.24) is 0 Å². The topological polar surface area (TPSA) is 0 Å². The third-order valence-corrected chi connectivity index (χ3v) is 22.5. The van der Waals surface area contributed by atoms with Crippen LogP contribution in [0.3, 0.4) is 0 Å². The van der Waals surface area contributed by atoms with Gasteiger partial charge < -0.3 is 0 Å². The molecule has 0 aliphatic carbocycles. The quantitative estimate of drug-likeness (QED) is 0.217. The number of hydrogen-bond acceptors (Lipinski definition) is 0. The Kier molecular flexibility index (Phi) is 9.20. The van der Waals surface area contributed by atoms with Crippen molar-refractivity contribution < 1.29 is 0 Å². The Labute approximate surface area is 138 Å². The van der Waals surface area contributed by atoms with Gasteiger partial charge in [-0.1, -0.05) is 0 Å². The van der Waals surface area contributed by atoms with Gasteiger partial charge in [-0.25, -0.2) is 0 Å². The van der Waals surface area contributed by atoms with Crippen LogP contribution in [0.15, 0.2) is 18.2 Å². The van der Waals surface area contributed by atoms with Crippen molar-refractivity contribution in [2.75, 3.05) is 0 Å². The van der Waals surface area contributed by atoms with E-state index in [2.05, 4.69) is 61.6 Å². The summed E-state index contributed by atoms with van der Waals surface area (Å²) in [4.78, 5) is 0. The van der Waals surface area contributed by atoms with Crippen LogP contribution in [0.2, 0.25) is 13.3 Å². The van der Waals surface area contributed by atoms with Gasteiger partial charge in [0.05, 0.1) is 0 Å². The first-order chi connectivity index (χ1) is 9.20. The summed E-state index contributed by atoms with van der Waals surface area (Å²) in [7, 11) is 0. The summed E-state index contributed by atoms with van der Waals surface area (Å²) >= 11 is 0.486. The normalized spacial score (nSPS) is 12.0. The van der Waals surface area contributed by atoms with Gasteiger partial charge in [-0.05, 0) is 0 Å². The van der Waals surface area contributed by atoms with Crippen molar-refractivity contribution in [3.8, 4) is 0 Å². The fourth-order valence-corrected chi connectivity index (χ4v) is 23.6. The van der Waals surface area contributed by atoms with Crippen LogP contribution in [0.5, 0.6) is 0 Å². The van der Waals surface area contributed by atoms with E-state index in [1.165, 1.54) is 38.5 Å². The number of hydrogen-bond donors (Lipinski definition) is 0. The second-order valence-electron chi connectivity index (χ2n) is 5.88. The molecule has 0 fully saturated rings. The van der Waals surface area contributed by atoms with Crippen LogP contribution in [0.25, 0.3) is 0 Å². The second-order valence-corrected chi connectivity index (χ2v) is 20.2. The monoisotopic (exact) mass is 481 g/mol. The van der Waals surface area contributed by atoms with E-state index in [0.717, 1.165) is 0 Å². The molecule has 0 nitrogen and oxygen atoms in total. The maximum atomic E-state index is 2.59. The van der Waals surface area contributed by atoms with E-state index in [1.807, 2.05) is 3.58 Å². The fourth-order valence-electron chi connectivity index (χ4n) is 3.15. The third-order valence-electron chi connectivity index (χ3n) is 4.36. The maximum absolute atomic E-state index is 2.59. The van der Waals surface area contributed by atoms with Crippen LogP contribution in [-0.2, 0) is 0 Å². The first kappa shape index (κ1) is 17.9. The Morgan fingerprint density at radius 1 is 0.947 bits per heavy atom. The zero-order valence-electron chi connectivity index (χ0n) is 13.0. The number of unbranched alkanes of at least 4 members (excludes halogenated alkanes) is 3. The van der Waals surface area contributed by atoms with Crippen LogP contribution < -0.4 is 3.58 Å². The first-order valence-electron chi connectivity index (χ1n) is 8.11. The molecule has 0 radical (unpaired) electrons. The van der Waals surface area contributed by atoms with Crippen molar-refractivity contribution in [3.63, 3.8) is 0 Å². The van der Waals surface area contributed by atoms with Crippen molar-refractivity contribution in [2.45, 2.75) is 72.6 Å². The van der Waals surface area contributed by atoms with E-state index in [9.17, 15) is 0 Å². The van der Waals surface area contributed by atoms with Gasteiger partial charge >= 0.3 is 139 Å². The van der Waals surface area contributed by atoms with Crippen molar-refractivity contribution >= 4 is 44.5 Å². The minimum absolute atomic E-state index is 1.37. The Balaban J connectivity index is 2.97. The molecule has 0 aliphatic heterocycles. The summed E-state index contributed by atoms with van der Waals surface area (Å²) in [6.07, 6.45) is 8.50. The summed E-state index contributed by atoms with van der Waals surface area (Å²) in [6, 6.07) is 7.12. The molecule has 0 amide bonds. The van der Waals surface area contributed by atoms with Crippen LogP contribution in [0, 0.1) is 3.57 Å². The van der Waals surface area contributed by atoms with Gasteiger partial charge in [0, 0.05) is 0 Å². The average molecular weight is 480 g/mol. The summed E-state index contributed by atoms with van der Waals surface area (Å²) < 4.78 is 8.20. The molecule has 0 bridgehead atoms. The molecule has 0 spiro atoms. The van der Waals surface area contributed by atoms with Gasteiger partial charge in [-0.3, -0.25) is 0 Å². The van der Waals surface area contributed by atoms with Crippen molar-refractivity contribution in [2.24, 2.45) is 0 Å². The molecule has 2 heteroatoms. The molecule has 19 heavy (non-hydrogen) atoms. The molecule has 1 aromatic rings. The predicted molar refractivity (Wildman–Crippen MR) is 99.3 cm³/mol. The average Bonchev–Trinajstić information content (AvgIpc) is 2.85. The third kappa shape index (κ3) is 5.29. The number of rotatable bonds is 10. The van der Waals surface area contributed by atoms with Crippen LogP contribution in [-0.4, -0.2) is 18.4 Å². The van der Waals surface area contributed by atoms with E-state index < -0.39 is 18.4 Å². The Morgan fingerprint density at radius 3 is 1.74 bits per heavy atom. The van der Waals surface area contributed by atoms with Gasteiger partial charge in [0.15, 0.2) is 0 Å². The summed E-state index contributed by atoms with van der Waals surface area (Å²) in [5.41, 5.74) is 0. The fraction of sp³-hybridized carbons (Fsp3) is 0.706. The standard InChI is InChI=1S/C5H3I.3C4H9.Sn/c6-5-3-1-2-4-5;3*1-3-4-2;/h1-3H;3*1,3-4H2,2H3;/q-1;;;;. The molecule has 0 saturated carbocycles. The molecular formula is C17H30ISn-. The SMILES string of the molecule is CCC[CH2][Sn]([CH2]CCC)([CH2]CCC)[c]1cc[cH-]c1I. The van der Waals surface area contributed by atoms with Gasteiger partial charge in [0.25, 0.3) is 0 Å². The van der Waals surface area contributed by atoms with Crippen molar-refractivity contribution in [3.05, 3.63) is 21.8 Å². The molecule has 0 aliphatic rings. The first-order valence-corrected chi connectivity index (χ1v) is 16.7. The van der Waals surface area contributed by atoms with Gasteiger partial charge in [-0.15, -0.1) is 0 Å². The second kappa shape index (κ2) is 9.75. The summed E-state index contributed by atoms with van der Waals surface area (Å²) in [6.45, 7) is 7.06. The molecule has 0 aromatic heterocycles. The van der Waals surface area contributed by atoms with Crippen molar-refractivity contribution in [1.29, 1.82) is 0 Å². The molecule has 0 heterocycles. The van der Waals surface area contributed by atoms with Gasteiger partial charge in [-0.2, -0.15) is 0 Å². The van der Waals surface area contributed by atoms with Gasteiger partial charge in [0.1, 0.15) is 0 Å². The molecule has 1 rings (SSSR count). The Morgan fingerprint density at radius 2 is 1.42 bits per heavy atom. The molecule has 0 atom stereocenters. The van der Waals surface area contributed by atoms with Gasteiger partial charge in [0.2, 0.25) is 0 Å². The van der Waals surface area contributed by atoms with E-state index in [-0.39, 0.29) is 0 Å². The molecule has 0 unspecified atom stereocenters. The summed E-state index contributed by atoms with van der Waals surface area (Å²) in [5, 5.41) is 0. The zero-order valence-corrected chi connectivity index (χ0v) is 18.0. The van der Waals surface area contributed by atoms with Crippen LogP contribution in [0.1, 0.15) is 59.3 Å². The van der Waals surface area contributed by atoms with E-state index >= 15 is 0 Å². The zero-order chi connectivity index (χ0) is 14.1. The minimum atomic E-state index is -2.10. The molecule has 110 valence electrons. The number of halogens is 1. The van der Waals surface area contributed by atoms with E-state index in [0.29, 0.717) is 0 Å². The van der Waals surface area contributed by atoms with Crippen LogP contribution in [0.4, 0.5) is 0 Å². The van der Waals surface area contributed by atoms with E-state index in [4.69, 9.17) is 0 Å². The predicted octanol–water partition coefficient (Wildman–Crippen LogP) is 6.07. The molecule has 0 N–H and O–H groups in total. The summed E-state index contributed by atoms with van der Waals surface area (Å²) in [5.74, 6) is 0. The molecule has 1 aromatic carbocycles. The van der Waals surface area contributed by atoms with Crippen LogP contribution >= 0.6 is 22.6 Å². The molecular weight excluding hydrogens is 450 g/mol. The Hall–Kier alpha value is 0.879. The van der Waals surface area contributed by atoms with E-state index in [1.54, 1.807) is 16.9 Å². The molecule has 0 saturated heterocycles.